The Balaban J connectivity index is 2.31. The van der Waals surface area contributed by atoms with E-state index < -0.39 is 0 Å². The average molecular weight is 283 g/mol. The first-order valence-corrected chi connectivity index (χ1v) is 7.38. The standard InChI is InChI=1S/C15H23ClN2O/c1-11-8-13(14(19)9-16)12(2)18(11)10-15(17(3)4)6-5-7-15/h8H,5-7,9-10H2,1-4H3. The Kier molecular flexibility index (Phi) is 4.07. The number of rotatable bonds is 5. The van der Waals surface area contributed by atoms with Gasteiger partial charge in [-0.05, 0) is 53.3 Å². The van der Waals surface area contributed by atoms with Crippen LogP contribution in [0.1, 0.15) is 41.0 Å². The molecule has 0 spiro atoms. The number of carbonyl (C=O) groups excluding carboxylic acids is 1. The van der Waals surface area contributed by atoms with Gasteiger partial charge in [0, 0.05) is 29.0 Å². The largest absolute Gasteiger partial charge is 0.347 e. The first-order chi connectivity index (χ1) is 8.91. The molecule has 1 saturated carbocycles. The Hall–Kier alpha value is -0.800. The molecular formula is C15H23ClN2O. The van der Waals surface area contributed by atoms with Crippen LogP contribution in [0.3, 0.4) is 0 Å². The summed E-state index contributed by atoms with van der Waals surface area (Å²) in [7, 11) is 4.30. The molecule has 1 heterocycles. The van der Waals surface area contributed by atoms with Crippen molar-refractivity contribution >= 4 is 17.4 Å². The summed E-state index contributed by atoms with van der Waals surface area (Å²) in [6, 6.07) is 1.97. The number of aromatic nitrogens is 1. The van der Waals surface area contributed by atoms with Crippen LogP contribution >= 0.6 is 11.6 Å². The first kappa shape index (κ1) is 14.6. The zero-order valence-electron chi connectivity index (χ0n) is 12.3. The summed E-state index contributed by atoms with van der Waals surface area (Å²) in [5, 5.41) is 0. The number of hydrogen-bond acceptors (Lipinski definition) is 2. The lowest BCUT2D eigenvalue weighted by Gasteiger charge is -2.48. The van der Waals surface area contributed by atoms with Crippen LogP contribution in [-0.2, 0) is 6.54 Å². The number of hydrogen-bond donors (Lipinski definition) is 0. The topological polar surface area (TPSA) is 25.2 Å². The van der Waals surface area contributed by atoms with E-state index in [1.807, 2.05) is 13.0 Å². The molecule has 0 aliphatic heterocycles. The minimum Gasteiger partial charge on any atom is -0.347 e. The molecule has 3 nitrogen and oxygen atoms in total. The molecule has 1 aliphatic carbocycles. The fourth-order valence-electron chi connectivity index (χ4n) is 3.02. The van der Waals surface area contributed by atoms with Crippen LogP contribution < -0.4 is 0 Å². The Morgan fingerprint density at radius 2 is 2.05 bits per heavy atom. The SMILES string of the molecule is Cc1cc(C(=O)CCl)c(C)n1CC1(N(C)C)CCC1. The highest BCUT2D eigenvalue weighted by molar-refractivity contribution is 6.30. The van der Waals surface area contributed by atoms with Crippen molar-refractivity contribution in [2.45, 2.75) is 45.2 Å². The molecule has 0 unspecified atom stereocenters. The van der Waals surface area contributed by atoms with Gasteiger partial charge in [-0.15, -0.1) is 11.6 Å². The molecule has 0 radical (unpaired) electrons. The van der Waals surface area contributed by atoms with E-state index in [0.29, 0.717) is 0 Å². The molecular weight excluding hydrogens is 260 g/mol. The first-order valence-electron chi connectivity index (χ1n) is 6.84. The Morgan fingerprint density at radius 1 is 1.42 bits per heavy atom. The predicted octanol–water partition coefficient (Wildman–Crippen LogP) is 3.01. The van der Waals surface area contributed by atoms with E-state index in [1.54, 1.807) is 0 Å². The van der Waals surface area contributed by atoms with Crippen LogP contribution in [-0.4, -0.2) is 40.8 Å². The van der Waals surface area contributed by atoms with Gasteiger partial charge < -0.3 is 9.47 Å². The van der Waals surface area contributed by atoms with E-state index in [-0.39, 0.29) is 17.2 Å². The number of ketones is 1. The number of carbonyl (C=O) groups is 1. The van der Waals surface area contributed by atoms with Gasteiger partial charge in [0.15, 0.2) is 5.78 Å². The number of halogens is 1. The molecule has 0 N–H and O–H groups in total. The Bertz CT molecular complexity index is 487. The van der Waals surface area contributed by atoms with Crippen LogP contribution in [0.2, 0.25) is 0 Å². The van der Waals surface area contributed by atoms with Crippen LogP contribution in [0.4, 0.5) is 0 Å². The fraction of sp³-hybridized carbons (Fsp3) is 0.667. The van der Waals surface area contributed by atoms with Gasteiger partial charge in [0.25, 0.3) is 0 Å². The van der Waals surface area contributed by atoms with Crippen molar-refractivity contribution in [2.75, 3.05) is 20.0 Å². The van der Waals surface area contributed by atoms with Crippen LogP contribution in [0, 0.1) is 13.8 Å². The highest BCUT2D eigenvalue weighted by Gasteiger charge is 2.40. The van der Waals surface area contributed by atoms with Crippen molar-refractivity contribution in [1.82, 2.24) is 9.47 Å². The minimum atomic E-state index is 0.0218. The number of nitrogens with zero attached hydrogens (tertiary/aromatic N) is 2. The molecule has 19 heavy (non-hydrogen) atoms. The quantitative estimate of drug-likeness (QED) is 0.613. The van der Waals surface area contributed by atoms with Crippen molar-refractivity contribution in [1.29, 1.82) is 0 Å². The zero-order valence-corrected chi connectivity index (χ0v) is 13.0. The van der Waals surface area contributed by atoms with Crippen molar-refractivity contribution < 1.29 is 4.79 Å². The molecule has 4 heteroatoms. The van der Waals surface area contributed by atoms with E-state index in [1.165, 1.54) is 19.3 Å². The van der Waals surface area contributed by atoms with Crippen LogP contribution in [0.5, 0.6) is 0 Å². The highest BCUT2D eigenvalue weighted by Crippen LogP contribution is 2.38. The van der Waals surface area contributed by atoms with E-state index in [0.717, 1.165) is 23.5 Å². The molecule has 0 bridgehead atoms. The maximum absolute atomic E-state index is 11.8. The van der Waals surface area contributed by atoms with Crippen molar-refractivity contribution in [3.05, 3.63) is 23.0 Å². The summed E-state index contributed by atoms with van der Waals surface area (Å²) in [6.45, 7) is 5.06. The van der Waals surface area contributed by atoms with E-state index >= 15 is 0 Å². The summed E-state index contributed by atoms with van der Waals surface area (Å²) in [5.74, 6) is 0.0804. The normalized spacial score (nSPS) is 17.6. The van der Waals surface area contributed by atoms with Gasteiger partial charge in [-0.3, -0.25) is 4.79 Å². The average Bonchev–Trinajstić information content (AvgIpc) is 2.59. The number of aryl methyl sites for hydroxylation is 1. The van der Waals surface area contributed by atoms with Gasteiger partial charge in [-0.2, -0.15) is 0 Å². The molecule has 106 valence electrons. The van der Waals surface area contributed by atoms with Crippen LogP contribution in [0.25, 0.3) is 0 Å². The predicted molar refractivity (Wildman–Crippen MR) is 79.2 cm³/mol. The maximum Gasteiger partial charge on any atom is 0.179 e. The van der Waals surface area contributed by atoms with Crippen LogP contribution in [0.15, 0.2) is 6.07 Å². The maximum atomic E-state index is 11.8. The molecule has 1 aromatic heterocycles. The second-order valence-electron chi connectivity index (χ2n) is 5.90. The summed E-state index contributed by atoms with van der Waals surface area (Å²) in [4.78, 5) is 14.2. The molecule has 2 rings (SSSR count). The third-order valence-corrected chi connectivity index (χ3v) is 4.92. The third kappa shape index (κ3) is 2.46. The Morgan fingerprint density at radius 3 is 2.47 bits per heavy atom. The molecule has 1 aromatic rings. The number of Topliss-reactive ketones (excluding diaryl/α,β-unsaturated/α-hetero) is 1. The molecule has 0 saturated heterocycles. The van der Waals surface area contributed by atoms with Gasteiger partial charge in [0.1, 0.15) is 0 Å². The van der Waals surface area contributed by atoms with Gasteiger partial charge >= 0.3 is 0 Å². The summed E-state index contributed by atoms with van der Waals surface area (Å²) in [6.07, 6.45) is 3.76. The van der Waals surface area contributed by atoms with E-state index in [2.05, 4.69) is 30.5 Å². The molecule has 1 fully saturated rings. The number of alkyl halides is 1. The van der Waals surface area contributed by atoms with Gasteiger partial charge in [0.2, 0.25) is 0 Å². The van der Waals surface area contributed by atoms with Gasteiger partial charge in [-0.1, -0.05) is 0 Å². The molecule has 1 aliphatic rings. The summed E-state index contributed by atoms with van der Waals surface area (Å²) >= 11 is 5.68. The minimum absolute atomic E-state index is 0.0218. The molecule has 0 amide bonds. The van der Waals surface area contributed by atoms with Crippen molar-refractivity contribution in [3.8, 4) is 0 Å². The van der Waals surface area contributed by atoms with E-state index in [4.69, 9.17) is 11.6 Å². The fourth-order valence-corrected chi connectivity index (χ4v) is 3.17. The summed E-state index contributed by atoms with van der Waals surface area (Å²) < 4.78 is 2.28. The molecule has 0 atom stereocenters. The Labute approximate surface area is 120 Å². The van der Waals surface area contributed by atoms with Crippen molar-refractivity contribution in [2.24, 2.45) is 0 Å². The smallest absolute Gasteiger partial charge is 0.179 e. The van der Waals surface area contributed by atoms with Crippen molar-refractivity contribution in [3.63, 3.8) is 0 Å². The van der Waals surface area contributed by atoms with Gasteiger partial charge in [0.05, 0.1) is 5.88 Å². The zero-order chi connectivity index (χ0) is 14.2. The number of likely N-dealkylation sites (N-methyl/N-ethyl adjacent to an activating group) is 1. The monoisotopic (exact) mass is 282 g/mol. The van der Waals surface area contributed by atoms with E-state index in [9.17, 15) is 4.79 Å². The second kappa shape index (κ2) is 5.29. The lowest BCUT2D eigenvalue weighted by Crippen LogP contribution is -2.53. The molecule has 0 aromatic carbocycles. The summed E-state index contributed by atoms with van der Waals surface area (Å²) in [5.41, 5.74) is 3.24. The lowest BCUT2D eigenvalue weighted by molar-refractivity contribution is 0.0414. The second-order valence-corrected chi connectivity index (χ2v) is 6.17. The highest BCUT2D eigenvalue weighted by atomic mass is 35.5. The van der Waals surface area contributed by atoms with Gasteiger partial charge in [-0.25, -0.2) is 0 Å². The lowest BCUT2D eigenvalue weighted by atomic mass is 9.75. The third-order valence-electron chi connectivity index (χ3n) is 4.68.